The molecule has 0 spiro atoms. The van der Waals surface area contributed by atoms with Crippen LogP contribution in [0.3, 0.4) is 0 Å². The van der Waals surface area contributed by atoms with Gasteiger partial charge in [-0.15, -0.1) is 0 Å². The van der Waals surface area contributed by atoms with Crippen LogP contribution in [0.5, 0.6) is 0 Å². The van der Waals surface area contributed by atoms with E-state index in [1.807, 2.05) is 0 Å². The second-order valence-corrected chi connectivity index (χ2v) is 5.91. The monoisotopic (exact) mass is 280 g/mol. The zero-order chi connectivity index (χ0) is 14.3. The molecule has 0 atom stereocenters. The van der Waals surface area contributed by atoms with Crippen molar-refractivity contribution in [3.05, 3.63) is 29.3 Å². The molecule has 3 N–H and O–H groups in total. The summed E-state index contributed by atoms with van der Waals surface area (Å²) in [6.07, 6.45) is 4.88. The number of nitrogen functional groups attached to an aromatic ring is 1. The highest BCUT2D eigenvalue weighted by atomic mass is 19.1. The fourth-order valence-corrected chi connectivity index (χ4v) is 2.85. The van der Waals surface area contributed by atoms with E-state index in [-0.39, 0.29) is 11.3 Å². The molecule has 3 nitrogen and oxygen atoms in total. The van der Waals surface area contributed by atoms with Gasteiger partial charge in [0.15, 0.2) is 5.82 Å². The summed E-state index contributed by atoms with van der Waals surface area (Å²) in [6.45, 7) is 0.546. The lowest BCUT2D eigenvalue weighted by Gasteiger charge is -2.16. The van der Waals surface area contributed by atoms with Gasteiger partial charge in [-0.2, -0.15) is 0 Å². The Balaban J connectivity index is 1.66. The molecule has 0 bridgehead atoms. The van der Waals surface area contributed by atoms with Gasteiger partial charge in [0.05, 0.1) is 11.3 Å². The van der Waals surface area contributed by atoms with Crippen molar-refractivity contribution in [1.82, 2.24) is 5.32 Å². The van der Waals surface area contributed by atoms with Crippen molar-refractivity contribution in [1.29, 1.82) is 0 Å². The summed E-state index contributed by atoms with van der Waals surface area (Å²) in [7, 11) is 0. The van der Waals surface area contributed by atoms with Gasteiger partial charge in [0.25, 0.3) is 5.91 Å². The van der Waals surface area contributed by atoms with E-state index in [9.17, 15) is 13.6 Å². The van der Waals surface area contributed by atoms with E-state index in [0.29, 0.717) is 24.3 Å². The maximum absolute atomic E-state index is 13.7. The molecule has 2 aliphatic carbocycles. The van der Waals surface area contributed by atoms with Crippen LogP contribution >= 0.6 is 0 Å². The normalized spacial score (nSPS) is 18.4. The number of nitrogens with two attached hydrogens (primary N) is 1. The van der Waals surface area contributed by atoms with E-state index >= 15 is 0 Å². The minimum Gasteiger partial charge on any atom is -0.396 e. The highest BCUT2D eigenvalue weighted by Gasteiger charge is 2.41. The summed E-state index contributed by atoms with van der Waals surface area (Å²) in [6, 6.07) is 1.77. The van der Waals surface area contributed by atoms with Crippen molar-refractivity contribution in [3.8, 4) is 0 Å². The number of carbonyl (C=O) groups excluding carboxylic acids is 1. The number of nitrogens with one attached hydrogen (secondary N) is 1. The van der Waals surface area contributed by atoms with Crippen LogP contribution in [0.4, 0.5) is 14.5 Å². The second-order valence-electron chi connectivity index (χ2n) is 5.91. The Morgan fingerprint density at radius 3 is 2.40 bits per heavy atom. The third-order valence-corrected chi connectivity index (χ3v) is 4.26. The van der Waals surface area contributed by atoms with Crippen LogP contribution in [-0.2, 0) is 0 Å². The van der Waals surface area contributed by atoms with Crippen molar-refractivity contribution in [2.45, 2.75) is 25.7 Å². The van der Waals surface area contributed by atoms with E-state index in [2.05, 4.69) is 5.32 Å². The lowest BCUT2D eigenvalue weighted by molar-refractivity contribution is 0.0939. The van der Waals surface area contributed by atoms with Crippen molar-refractivity contribution < 1.29 is 13.6 Å². The Labute approximate surface area is 116 Å². The molecule has 0 aromatic heterocycles. The second kappa shape index (κ2) is 5.04. The average Bonchev–Trinajstić information content (AvgIpc) is 3.25. The Hall–Kier alpha value is -1.65. The van der Waals surface area contributed by atoms with E-state index in [1.165, 1.54) is 25.7 Å². The molecule has 3 rings (SSSR count). The lowest BCUT2D eigenvalue weighted by Crippen LogP contribution is -2.32. The Morgan fingerprint density at radius 2 is 1.85 bits per heavy atom. The van der Waals surface area contributed by atoms with Gasteiger partial charge in [-0.05, 0) is 55.6 Å². The molecule has 1 aromatic rings. The first kappa shape index (κ1) is 13.3. The van der Waals surface area contributed by atoms with Gasteiger partial charge in [-0.1, -0.05) is 0 Å². The van der Waals surface area contributed by atoms with Crippen LogP contribution in [0.15, 0.2) is 12.1 Å². The molecule has 20 heavy (non-hydrogen) atoms. The summed E-state index contributed by atoms with van der Waals surface area (Å²) < 4.78 is 27.0. The first-order valence-corrected chi connectivity index (χ1v) is 7.09. The smallest absolute Gasteiger partial charge is 0.254 e. The maximum atomic E-state index is 13.7. The van der Waals surface area contributed by atoms with Crippen molar-refractivity contribution >= 4 is 11.6 Å². The van der Waals surface area contributed by atoms with Crippen LogP contribution in [0.25, 0.3) is 0 Å². The third-order valence-electron chi connectivity index (χ3n) is 4.26. The Bertz CT molecular complexity index is 527. The number of carbonyl (C=O) groups is 1. The molecular formula is C15H18F2N2O. The number of rotatable bonds is 5. The summed E-state index contributed by atoms with van der Waals surface area (Å²) >= 11 is 0. The van der Waals surface area contributed by atoms with Gasteiger partial charge < -0.3 is 11.1 Å². The molecule has 0 saturated heterocycles. The highest BCUT2D eigenvalue weighted by molar-refractivity contribution is 5.95. The van der Waals surface area contributed by atoms with Crippen molar-refractivity contribution in [2.75, 3.05) is 12.3 Å². The molecule has 2 aliphatic rings. The summed E-state index contributed by atoms with van der Waals surface area (Å²) in [5.41, 5.74) is 4.69. The predicted octanol–water partition coefficient (Wildman–Crippen LogP) is 2.71. The van der Waals surface area contributed by atoms with E-state index in [4.69, 9.17) is 5.73 Å². The van der Waals surface area contributed by atoms with E-state index < -0.39 is 17.5 Å². The van der Waals surface area contributed by atoms with Crippen LogP contribution < -0.4 is 11.1 Å². The molecular weight excluding hydrogens is 262 g/mol. The molecule has 5 heteroatoms. The topological polar surface area (TPSA) is 55.1 Å². The summed E-state index contributed by atoms with van der Waals surface area (Å²) in [4.78, 5) is 12.0. The van der Waals surface area contributed by atoms with Gasteiger partial charge in [-0.3, -0.25) is 4.79 Å². The number of hydrogen-bond acceptors (Lipinski definition) is 2. The van der Waals surface area contributed by atoms with E-state index in [1.54, 1.807) is 0 Å². The number of hydrogen-bond donors (Lipinski definition) is 2. The van der Waals surface area contributed by atoms with E-state index in [0.717, 1.165) is 12.1 Å². The van der Waals surface area contributed by atoms with Crippen molar-refractivity contribution in [2.24, 2.45) is 17.8 Å². The number of anilines is 1. The molecule has 0 radical (unpaired) electrons. The average molecular weight is 280 g/mol. The molecule has 2 saturated carbocycles. The fourth-order valence-electron chi connectivity index (χ4n) is 2.85. The molecule has 108 valence electrons. The molecule has 2 fully saturated rings. The molecule has 0 aliphatic heterocycles. The van der Waals surface area contributed by atoms with Crippen LogP contribution in [-0.4, -0.2) is 12.5 Å². The predicted molar refractivity (Wildman–Crippen MR) is 72.0 cm³/mol. The zero-order valence-electron chi connectivity index (χ0n) is 11.2. The first-order valence-electron chi connectivity index (χ1n) is 7.09. The van der Waals surface area contributed by atoms with Gasteiger partial charge in [0.1, 0.15) is 5.82 Å². The maximum Gasteiger partial charge on any atom is 0.254 e. The summed E-state index contributed by atoms with van der Waals surface area (Å²) in [5.74, 6) is -0.239. The minimum atomic E-state index is -0.849. The number of benzene rings is 1. The third kappa shape index (κ3) is 2.76. The van der Waals surface area contributed by atoms with Crippen LogP contribution in [0.2, 0.25) is 0 Å². The number of amides is 1. The zero-order valence-corrected chi connectivity index (χ0v) is 11.2. The Kier molecular flexibility index (Phi) is 3.36. The van der Waals surface area contributed by atoms with Crippen LogP contribution in [0.1, 0.15) is 36.0 Å². The quantitative estimate of drug-likeness (QED) is 0.815. The van der Waals surface area contributed by atoms with Gasteiger partial charge >= 0.3 is 0 Å². The van der Waals surface area contributed by atoms with Crippen LogP contribution in [0, 0.1) is 29.4 Å². The van der Waals surface area contributed by atoms with Gasteiger partial charge in [-0.25, -0.2) is 8.78 Å². The fraction of sp³-hybridized carbons (Fsp3) is 0.533. The van der Waals surface area contributed by atoms with Gasteiger partial charge in [0, 0.05) is 6.54 Å². The molecule has 1 aromatic carbocycles. The first-order chi connectivity index (χ1) is 9.56. The summed E-state index contributed by atoms with van der Waals surface area (Å²) in [5, 5.41) is 2.74. The number of halogens is 2. The standard InChI is InChI=1S/C15H18F2N2O/c16-10-5-11(14(17)13(18)6-10)15(20)19-7-12(8-1-2-8)9-3-4-9/h5-6,8-9,12H,1-4,7,18H2,(H,19,20). The lowest BCUT2D eigenvalue weighted by atomic mass is 9.98. The molecule has 1 amide bonds. The molecule has 0 unspecified atom stereocenters. The largest absolute Gasteiger partial charge is 0.396 e. The molecule has 0 heterocycles. The SMILES string of the molecule is Nc1cc(F)cc(C(=O)NCC(C2CC2)C2CC2)c1F. The minimum absolute atomic E-state index is 0.312. The highest BCUT2D eigenvalue weighted by Crippen LogP contribution is 2.48. The van der Waals surface area contributed by atoms with Gasteiger partial charge in [0.2, 0.25) is 0 Å². The van der Waals surface area contributed by atoms with Crippen molar-refractivity contribution in [3.63, 3.8) is 0 Å². The Morgan fingerprint density at radius 1 is 1.25 bits per heavy atom.